The molecule has 2 heterocycles. The number of rotatable bonds is 3. The van der Waals surface area contributed by atoms with Gasteiger partial charge >= 0.3 is 0 Å². The summed E-state index contributed by atoms with van der Waals surface area (Å²) in [6, 6.07) is 1.51. The Kier molecular flexibility index (Phi) is 4.05. The van der Waals surface area contributed by atoms with Crippen molar-refractivity contribution in [3.63, 3.8) is 0 Å². The molecule has 0 aromatic carbocycles. The van der Waals surface area contributed by atoms with E-state index in [1.807, 2.05) is 7.05 Å². The molecule has 7 heteroatoms. The minimum absolute atomic E-state index is 0.00713. The second-order valence-corrected chi connectivity index (χ2v) is 5.91. The molecule has 0 aliphatic carbocycles. The van der Waals surface area contributed by atoms with Gasteiger partial charge in [-0.3, -0.25) is 10.1 Å². The van der Waals surface area contributed by atoms with Crippen LogP contribution >= 0.6 is 15.9 Å². The van der Waals surface area contributed by atoms with E-state index < -0.39 is 4.92 Å². The zero-order valence-electron chi connectivity index (χ0n) is 11.0. The highest BCUT2D eigenvalue weighted by Crippen LogP contribution is 2.31. The summed E-state index contributed by atoms with van der Waals surface area (Å²) >= 11 is 3.37. The Hall–Kier alpha value is -1.21. The Balaban J connectivity index is 2.14. The van der Waals surface area contributed by atoms with Gasteiger partial charge < -0.3 is 10.2 Å². The first-order valence-electron chi connectivity index (χ1n) is 6.19. The lowest BCUT2D eigenvalue weighted by Crippen LogP contribution is -2.50. The maximum atomic E-state index is 10.7. The summed E-state index contributed by atoms with van der Waals surface area (Å²) in [5.74, 6) is 0.781. The smallest absolute Gasteiger partial charge is 0.288 e. The van der Waals surface area contributed by atoms with E-state index in [9.17, 15) is 10.1 Å². The largest absolute Gasteiger partial charge is 0.356 e. The summed E-state index contributed by atoms with van der Waals surface area (Å²) in [5, 5.41) is 14.0. The van der Waals surface area contributed by atoms with Gasteiger partial charge in [0.25, 0.3) is 5.69 Å². The molecule has 0 bridgehead atoms. The van der Waals surface area contributed by atoms with Crippen molar-refractivity contribution >= 4 is 27.4 Å². The predicted octanol–water partition coefficient (Wildman–Crippen LogP) is 2.33. The van der Waals surface area contributed by atoms with Crippen LogP contribution in [0.15, 0.2) is 16.7 Å². The van der Waals surface area contributed by atoms with Gasteiger partial charge in [0.15, 0.2) is 0 Å². The van der Waals surface area contributed by atoms with Gasteiger partial charge in [-0.05, 0) is 42.7 Å². The molecule has 1 aliphatic rings. The molecular formula is C12H17BrN4O2. The molecule has 0 radical (unpaired) electrons. The van der Waals surface area contributed by atoms with Gasteiger partial charge in [0, 0.05) is 24.7 Å². The van der Waals surface area contributed by atoms with Crippen molar-refractivity contribution in [3.8, 4) is 0 Å². The molecule has 1 aromatic rings. The summed E-state index contributed by atoms with van der Waals surface area (Å²) in [4.78, 5) is 16.6. The maximum absolute atomic E-state index is 10.7. The number of nitro groups is 1. The molecule has 1 aliphatic heterocycles. The Morgan fingerprint density at radius 1 is 1.53 bits per heavy atom. The van der Waals surface area contributed by atoms with E-state index in [1.165, 1.54) is 12.3 Å². The Bertz CT molecular complexity index is 487. The van der Waals surface area contributed by atoms with Gasteiger partial charge in [0.05, 0.1) is 9.40 Å². The Morgan fingerprint density at radius 3 is 2.63 bits per heavy atom. The lowest BCUT2D eigenvalue weighted by molar-refractivity contribution is -0.385. The summed E-state index contributed by atoms with van der Waals surface area (Å²) < 4.78 is 0.676. The van der Waals surface area contributed by atoms with Crippen molar-refractivity contribution in [2.24, 2.45) is 0 Å². The molecule has 0 atom stereocenters. The van der Waals surface area contributed by atoms with Crippen LogP contribution in [0.1, 0.15) is 19.8 Å². The molecule has 1 fully saturated rings. The molecule has 0 unspecified atom stereocenters. The second kappa shape index (κ2) is 5.42. The van der Waals surface area contributed by atoms with E-state index in [0.717, 1.165) is 31.7 Å². The summed E-state index contributed by atoms with van der Waals surface area (Å²) in [7, 11) is 1.98. The monoisotopic (exact) mass is 328 g/mol. The van der Waals surface area contributed by atoms with E-state index in [0.29, 0.717) is 4.47 Å². The molecular weight excluding hydrogens is 312 g/mol. The topological polar surface area (TPSA) is 71.3 Å². The second-order valence-electron chi connectivity index (χ2n) is 5.05. The van der Waals surface area contributed by atoms with Crippen molar-refractivity contribution in [1.29, 1.82) is 0 Å². The molecule has 0 amide bonds. The van der Waals surface area contributed by atoms with Crippen molar-refractivity contribution < 1.29 is 4.92 Å². The number of hydrogen-bond acceptors (Lipinski definition) is 5. The van der Waals surface area contributed by atoms with E-state index >= 15 is 0 Å². The average Bonchev–Trinajstić information content (AvgIpc) is 2.40. The van der Waals surface area contributed by atoms with Crippen LogP contribution < -0.4 is 10.2 Å². The standard InChI is InChI=1S/C12H17BrN4O2/c1-12(14-2)3-5-16(6-4-12)11-10(13)7-9(8-15-11)17(18)19/h7-8,14H,3-6H2,1-2H3. The van der Waals surface area contributed by atoms with Crippen molar-refractivity contribution in [2.45, 2.75) is 25.3 Å². The third kappa shape index (κ3) is 3.03. The number of pyridine rings is 1. The number of aromatic nitrogens is 1. The number of halogens is 1. The molecule has 19 heavy (non-hydrogen) atoms. The number of hydrogen-bond donors (Lipinski definition) is 1. The van der Waals surface area contributed by atoms with Crippen molar-refractivity contribution in [2.75, 3.05) is 25.0 Å². The van der Waals surface area contributed by atoms with E-state index in [2.05, 4.69) is 38.1 Å². The van der Waals surface area contributed by atoms with Crippen LogP contribution in [0.5, 0.6) is 0 Å². The van der Waals surface area contributed by atoms with Gasteiger partial charge in [-0.15, -0.1) is 0 Å². The van der Waals surface area contributed by atoms with Gasteiger partial charge in [-0.25, -0.2) is 4.98 Å². The zero-order valence-corrected chi connectivity index (χ0v) is 12.6. The van der Waals surface area contributed by atoms with Gasteiger partial charge in [0.2, 0.25) is 0 Å². The fourth-order valence-corrected chi connectivity index (χ4v) is 2.80. The van der Waals surface area contributed by atoms with Crippen LogP contribution in [-0.2, 0) is 0 Å². The lowest BCUT2D eigenvalue weighted by atomic mass is 9.90. The predicted molar refractivity (Wildman–Crippen MR) is 77.5 cm³/mol. The van der Waals surface area contributed by atoms with Crippen LogP contribution in [-0.4, -0.2) is 35.6 Å². The summed E-state index contributed by atoms with van der Waals surface area (Å²) in [5.41, 5.74) is 0.178. The first kappa shape index (κ1) is 14.2. The van der Waals surface area contributed by atoms with Crippen LogP contribution in [0.2, 0.25) is 0 Å². The van der Waals surface area contributed by atoms with E-state index in [-0.39, 0.29) is 11.2 Å². The fourth-order valence-electron chi connectivity index (χ4n) is 2.22. The molecule has 6 nitrogen and oxygen atoms in total. The third-order valence-electron chi connectivity index (χ3n) is 3.79. The highest BCUT2D eigenvalue weighted by Gasteiger charge is 2.29. The summed E-state index contributed by atoms with van der Waals surface area (Å²) in [6.07, 6.45) is 3.36. The lowest BCUT2D eigenvalue weighted by Gasteiger charge is -2.40. The normalized spacial score (nSPS) is 18.4. The van der Waals surface area contributed by atoms with Gasteiger partial charge in [-0.1, -0.05) is 0 Å². The molecule has 2 rings (SSSR count). The Morgan fingerprint density at radius 2 is 2.16 bits per heavy atom. The fraction of sp³-hybridized carbons (Fsp3) is 0.583. The number of nitrogens with one attached hydrogen (secondary N) is 1. The SMILES string of the molecule is CNC1(C)CCN(c2ncc([N+](=O)[O-])cc2Br)CC1. The molecule has 0 saturated carbocycles. The molecule has 104 valence electrons. The van der Waals surface area contributed by atoms with E-state index in [4.69, 9.17) is 0 Å². The van der Waals surface area contributed by atoms with Gasteiger partial charge in [-0.2, -0.15) is 0 Å². The summed E-state index contributed by atoms with van der Waals surface area (Å²) in [6.45, 7) is 3.99. The number of piperidine rings is 1. The Labute approximate surface area is 120 Å². The third-order valence-corrected chi connectivity index (χ3v) is 4.37. The highest BCUT2D eigenvalue weighted by atomic mass is 79.9. The van der Waals surface area contributed by atoms with Crippen LogP contribution in [0.25, 0.3) is 0 Å². The first-order valence-corrected chi connectivity index (χ1v) is 6.98. The number of anilines is 1. The highest BCUT2D eigenvalue weighted by molar-refractivity contribution is 9.10. The zero-order chi connectivity index (χ0) is 14.0. The van der Waals surface area contributed by atoms with Crippen molar-refractivity contribution in [1.82, 2.24) is 10.3 Å². The average molecular weight is 329 g/mol. The van der Waals surface area contributed by atoms with Crippen LogP contribution in [0.3, 0.4) is 0 Å². The molecule has 1 N–H and O–H groups in total. The number of nitrogens with zero attached hydrogens (tertiary/aromatic N) is 3. The minimum Gasteiger partial charge on any atom is -0.356 e. The quantitative estimate of drug-likeness (QED) is 0.681. The van der Waals surface area contributed by atoms with Crippen LogP contribution in [0, 0.1) is 10.1 Å². The molecule has 1 aromatic heterocycles. The van der Waals surface area contributed by atoms with Crippen LogP contribution in [0.4, 0.5) is 11.5 Å². The molecule has 0 spiro atoms. The first-order chi connectivity index (χ1) is 8.95. The molecule has 1 saturated heterocycles. The minimum atomic E-state index is -0.435. The maximum Gasteiger partial charge on any atom is 0.288 e. The van der Waals surface area contributed by atoms with E-state index in [1.54, 1.807) is 0 Å². The van der Waals surface area contributed by atoms with Gasteiger partial charge in [0.1, 0.15) is 12.0 Å². The van der Waals surface area contributed by atoms with Crippen molar-refractivity contribution in [3.05, 3.63) is 26.9 Å².